The lowest BCUT2D eigenvalue weighted by molar-refractivity contribution is 0.474. The van der Waals surface area contributed by atoms with Gasteiger partial charge < -0.3 is 9.72 Å². The fraction of sp³-hybridized carbons (Fsp3) is 0.250. The third kappa shape index (κ3) is 4.19. The quantitative estimate of drug-likeness (QED) is 0.418. The number of nitrogens with one attached hydrogen (secondary N) is 1. The Morgan fingerprint density at radius 3 is 2.56 bits per heavy atom. The van der Waals surface area contributed by atoms with E-state index in [1.165, 1.54) is 12.1 Å². The molecule has 1 aliphatic heterocycles. The van der Waals surface area contributed by atoms with Crippen LogP contribution in [0, 0.1) is 0 Å². The van der Waals surface area contributed by atoms with Crippen LogP contribution in [-0.2, 0) is 19.7 Å². The molecule has 1 saturated heterocycles. The molecule has 1 aliphatic rings. The molecule has 176 valence electrons. The van der Waals surface area contributed by atoms with Crippen molar-refractivity contribution in [1.82, 2.24) is 15.0 Å². The molecule has 0 spiro atoms. The third-order valence-corrected chi connectivity index (χ3v) is 9.95. The predicted octanol–water partition coefficient (Wildman–Crippen LogP) is 4.46. The molecular weight excluding hydrogens is 474 g/mol. The van der Waals surface area contributed by atoms with Gasteiger partial charge in [0.1, 0.15) is 17.2 Å². The summed E-state index contributed by atoms with van der Waals surface area (Å²) in [5.41, 5.74) is 2.53. The Bertz CT molecular complexity index is 1560. The fourth-order valence-electron chi connectivity index (χ4n) is 4.17. The molecular formula is C24H23N3O5S2. The Kier molecular flexibility index (Phi) is 5.65. The minimum absolute atomic E-state index is 0.00528. The minimum atomic E-state index is -3.33. The summed E-state index contributed by atoms with van der Waals surface area (Å²) in [5, 5.41) is -0.673. The van der Waals surface area contributed by atoms with E-state index >= 15 is 0 Å². The largest absolute Gasteiger partial charge is 0.457 e. The van der Waals surface area contributed by atoms with Gasteiger partial charge in [0.2, 0.25) is 0 Å². The van der Waals surface area contributed by atoms with Gasteiger partial charge >= 0.3 is 0 Å². The molecule has 8 nitrogen and oxygen atoms in total. The van der Waals surface area contributed by atoms with Crippen LogP contribution < -0.4 is 4.74 Å². The van der Waals surface area contributed by atoms with E-state index in [0.717, 1.165) is 0 Å². The first-order chi connectivity index (χ1) is 16.3. The summed E-state index contributed by atoms with van der Waals surface area (Å²) >= 11 is 0. The molecule has 10 heteroatoms. The summed E-state index contributed by atoms with van der Waals surface area (Å²) in [5.74, 6) is 1.51. The van der Waals surface area contributed by atoms with E-state index in [-0.39, 0.29) is 16.4 Å². The molecule has 4 aromatic rings. The van der Waals surface area contributed by atoms with Crippen LogP contribution in [-0.4, -0.2) is 43.3 Å². The molecule has 2 aromatic carbocycles. The topological polar surface area (TPSA) is 119 Å². The van der Waals surface area contributed by atoms with Crippen LogP contribution in [0.25, 0.3) is 22.6 Å². The van der Waals surface area contributed by atoms with E-state index in [1.807, 2.05) is 18.2 Å². The summed E-state index contributed by atoms with van der Waals surface area (Å²) in [6.45, 7) is 1.59. The highest BCUT2D eigenvalue weighted by Crippen LogP contribution is 2.42. The van der Waals surface area contributed by atoms with E-state index in [1.54, 1.807) is 37.4 Å². The van der Waals surface area contributed by atoms with Gasteiger partial charge in [0.05, 0.1) is 32.7 Å². The standard InChI is InChI=1S/C24H23N3O5S2/c1-2-33(28,29)17-10-8-16(9-11-17)32-22-15-21-20(14-18(22)23-7-5-13-34(23,30)31)26-24(27-21)19-6-3-4-12-25-19/h3-4,6,8-12,14-15,23H,2,5,7,13H2,1H3,(H,26,27). The second-order valence-electron chi connectivity index (χ2n) is 8.18. The Hall–Kier alpha value is -3.24. The van der Waals surface area contributed by atoms with Crippen molar-refractivity contribution in [3.8, 4) is 23.0 Å². The molecule has 0 bridgehead atoms. The zero-order valence-corrected chi connectivity index (χ0v) is 20.1. The molecule has 5 rings (SSSR count). The molecule has 2 aromatic heterocycles. The maximum atomic E-state index is 12.8. The monoisotopic (exact) mass is 497 g/mol. The highest BCUT2D eigenvalue weighted by atomic mass is 32.2. The number of imidazole rings is 1. The van der Waals surface area contributed by atoms with Gasteiger partial charge in [-0.25, -0.2) is 21.8 Å². The molecule has 1 N–H and O–H groups in total. The highest BCUT2D eigenvalue weighted by molar-refractivity contribution is 7.92. The van der Waals surface area contributed by atoms with Crippen LogP contribution in [0.15, 0.2) is 65.7 Å². The van der Waals surface area contributed by atoms with Gasteiger partial charge in [0.25, 0.3) is 0 Å². The lowest BCUT2D eigenvalue weighted by atomic mass is 10.1. The van der Waals surface area contributed by atoms with Crippen LogP contribution in [0.3, 0.4) is 0 Å². The third-order valence-electron chi connectivity index (χ3n) is 5.99. The average molecular weight is 498 g/mol. The Balaban J connectivity index is 1.59. The predicted molar refractivity (Wildman–Crippen MR) is 129 cm³/mol. The maximum absolute atomic E-state index is 12.8. The van der Waals surface area contributed by atoms with E-state index in [0.29, 0.717) is 52.5 Å². The van der Waals surface area contributed by atoms with E-state index < -0.39 is 24.9 Å². The van der Waals surface area contributed by atoms with Gasteiger partial charge in [-0.3, -0.25) is 4.98 Å². The van der Waals surface area contributed by atoms with Crippen LogP contribution in [0.5, 0.6) is 11.5 Å². The minimum Gasteiger partial charge on any atom is -0.457 e. The van der Waals surface area contributed by atoms with Gasteiger partial charge in [-0.1, -0.05) is 13.0 Å². The number of sulfone groups is 2. The first kappa shape index (κ1) is 22.5. The van der Waals surface area contributed by atoms with Gasteiger partial charge in [-0.15, -0.1) is 0 Å². The van der Waals surface area contributed by atoms with Crippen molar-refractivity contribution in [3.05, 3.63) is 66.4 Å². The SMILES string of the molecule is CCS(=O)(=O)c1ccc(Oc2cc3nc(-c4ccccn4)[nH]c3cc2C2CCCS2(=O)=O)cc1. The van der Waals surface area contributed by atoms with Crippen LogP contribution >= 0.6 is 0 Å². The van der Waals surface area contributed by atoms with Gasteiger partial charge in [0, 0.05) is 17.8 Å². The number of hydrogen-bond acceptors (Lipinski definition) is 7. The Morgan fingerprint density at radius 2 is 1.91 bits per heavy atom. The first-order valence-electron chi connectivity index (χ1n) is 10.9. The molecule has 34 heavy (non-hydrogen) atoms. The molecule has 3 heterocycles. The number of ether oxygens (including phenoxy) is 1. The summed E-state index contributed by atoms with van der Waals surface area (Å²) in [4.78, 5) is 12.4. The second kappa shape index (κ2) is 8.52. The fourth-order valence-corrected chi connectivity index (χ4v) is 7.00. The molecule has 1 fully saturated rings. The molecule has 0 amide bonds. The maximum Gasteiger partial charge on any atom is 0.178 e. The summed E-state index contributed by atoms with van der Waals surface area (Å²) in [6.07, 6.45) is 2.78. The van der Waals surface area contributed by atoms with Crippen molar-refractivity contribution in [2.45, 2.75) is 29.9 Å². The van der Waals surface area contributed by atoms with Crippen molar-refractivity contribution in [1.29, 1.82) is 0 Å². The molecule has 0 saturated carbocycles. The number of aromatic nitrogens is 3. The Morgan fingerprint density at radius 1 is 1.12 bits per heavy atom. The zero-order valence-electron chi connectivity index (χ0n) is 18.4. The van der Waals surface area contributed by atoms with E-state index in [2.05, 4.69) is 15.0 Å². The van der Waals surface area contributed by atoms with Crippen molar-refractivity contribution in [3.63, 3.8) is 0 Å². The van der Waals surface area contributed by atoms with Crippen LogP contribution in [0.1, 0.15) is 30.6 Å². The number of hydrogen-bond donors (Lipinski definition) is 1. The lowest BCUT2D eigenvalue weighted by Gasteiger charge is -2.16. The molecule has 1 unspecified atom stereocenters. The van der Waals surface area contributed by atoms with Gasteiger partial charge in [-0.05, 0) is 55.3 Å². The smallest absolute Gasteiger partial charge is 0.178 e. The number of fused-ring (bicyclic) bond motifs is 1. The molecule has 0 radical (unpaired) electrons. The van der Waals surface area contributed by atoms with Crippen LogP contribution in [0.2, 0.25) is 0 Å². The molecule has 1 atom stereocenters. The number of aromatic amines is 1. The van der Waals surface area contributed by atoms with Crippen molar-refractivity contribution < 1.29 is 21.6 Å². The van der Waals surface area contributed by atoms with Crippen molar-refractivity contribution in [2.75, 3.05) is 11.5 Å². The van der Waals surface area contributed by atoms with E-state index in [9.17, 15) is 16.8 Å². The number of pyridine rings is 1. The Labute approximate surface area is 197 Å². The first-order valence-corrected chi connectivity index (χ1v) is 14.3. The number of rotatable bonds is 6. The van der Waals surface area contributed by atoms with Crippen molar-refractivity contribution >= 4 is 30.7 Å². The zero-order chi connectivity index (χ0) is 23.9. The van der Waals surface area contributed by atoms with Crippen molar-refractivity contribution in [2.24, 2.45) is 0 Å². The normalized spacial score (nSPS) is 17.7. The number of H-pyrrole nitrogens is 1. The number of benzene rings is 2. The van der Waals surface area contributed by atoms with Gasteiger partial charge in [0.15, 0.2) is 25.5 Å². The lowest BCUT2D eigenvalue weighted by Crippen LogP contribution is -2.09. The highest BCUT2D eigenvalue weighted by Gasteiger charge is 2.35. The summed E-state index contributed by atoms with van der Waals surface area (Å²) in [7, 11) is -6.64. The van der Waals surface area contributed by atoms with Crippen LogP contribution in [0.4, 0.5) is 0 Å². The summed E-state index contributed by atoms with van der Waals surface area (Å²) in [6, 6.07) is 15.2. The second-order valence-corrected chi connectivity index (χ2v) is 12.8. The summed E-state index contributed by atoms with van der Waals surface area (Å²) < 4.78 is 55.9. The molecule has 0 aliphatic carbocycles. The average Bonchev–Trinajstić information content (AvgIpc) is 3.41. The van der Waals surface area contributed by atoms with E-state index in [4.69, 9.17) is 4.74 Å². The van der Waals surface area contributed by atoms with Gasteiger partial charge in [-0.2, -0.15) is 0 Å². The number of nitrogens with zero attached hydrogens (tertiary/aromatic N) is 2.